The van der Waals surface area contributed by atoms with Crippen molar-refractivity contribution in [1.82, 2.24) is 15.1 Å². The maximum absolute atomic E-state index is 12.3. The van der Waals surface area contributed by atoms with Crippen molar-refractivity contribution in [2.45, 2.75) is 70.3 Å². The summed E-state index contributed by atoms with van der Waals surface area (Å²) < 4.78 is 5.46. The summed E-state index contributed by atoms with van der Waals surface area (Å²) in [6.45, 7) is 8.01. The molecule has 2 saturated heterocycles. The Kier molecular flexibility index (Phi) is 6.03. The molecular weight excluding hydrogens is 312 g/mol. The maximum atomic E-state index is 12.3. The van der Waals surface area contributed by atoms with Crippen LogP contribution in [0.3, 0.4) is 0 Å². The Hall–Kier alpha value is -1.41. The van der Waals surface area contributed by atoms with Crippen molar-refractivity contribution in [3.05, 3.63) is 10.1 Å². The second kappa shape index (κ2) is 7.65. The lowest BCUT2D eigenvalue weighted by Crippen LogP contribution is -2.57. The molecule has 2 fully saturated rings. The fourth-order valence-corrected chi connectivity index (χ4v) is 3.43. The highest BCUT2D eigenvalue weighted by Gasteiger charge is 2.35. The molecule has 0 aromatic rings. The number of ether oxygens (including phenoxy) is 1. The SMILES string of the molecule is CN(C(=O)OC(C)(C)C)[C@@H]1CCCN(C2CCC([N+](=O)[O-])NC2)C1. The van der Waals surface area contributed by atoms with Crippen LogP contribution in [0.2, 0.25) is 0 Å². The predicted octanol–water partition coefficient (Wildman–Crippen LogP) is 1.67. The number of hydrogen-bond acceptors (Lipinski definition) is 6. The Morgan fingerprint density at radius 3 is 2.58 bits per heavy atom. The zero-order valence-corrected chi connectivity index (χ0v) is 15.2. The van der Waals surface area contributed by atoms with Gasteiger partial charge in [-0.2, -0.15) is 0 Å². The van der Waals surface area contributed by atoms with Crippen LogP contribution >= 0.6 is 0 Å². The van der Waals surface area contributed by atoms with E-state index in [0.717, 1.165) is 32.4 Å². The van der Waals surface area contributed by atoms with Gasteiger partial charge in [0.15, 0.2) is 0 Å². The van der Waals surface area contributed by atoms with Gasteiger partial charge in [0.2, 0.25) is 0 Å². The lowest BCUT2D eigenvalue weighted by Gasteiger charge is -2.42. The Morgan fingerprint density at radius 1 is 1.33 bits per heavy atom. The molecule has 138 valence electrons. The Morgan fingerprint density at radius 2 is 2.04 bits per heavy atom. The average Bonchev–Trinajstić information content (AvgIpc) is 2.52. The summed E-state index contributed by atoms with van der Waals surface area (Å²) in [5, 5.41) is 13.9. The van der Waals surface area contributed by atoms with Crippen LogP contribution in [0.4, 0.5) is 4.79 Å². The Balaban J connectivity index is 1.87. The molecule has 8 nitrogen and oxygen atoms in total. The zero-order valence-electron chi connectivity index (χ0n) is 15.2. The smallest absolute Gasteiger partial charge is 0.410 e. The van der Waals surface area contributed by atoms with E-state index < -0.39 is 11.8 Å². The first kappa shape index (κ1) is 18.9. The number of nitro groups is 1. The van der Waals surface area contributed by atoms with Gasteiger partial charge in [-0.15, -0.1) is 0 Å². The van der Waals surface area contributed by atoms with Gasteiger partial charge in [-0.1, -0.05) is 0 Å². The molecule has 3 atom stereocenters. The minimum atomic E-state index is -0.619. The topological polar surface area (TPSA) is 88.0 Å². The van der Waals surface area contributed by atoms with Crippen LogP contribution in [0.15, 0.2) is 0 Å². The molecule has 8 heteroatoms. The number of piperidine rings is 2. The molecule has 2 rings (SSSR count). The second-order valence-electron chi connectivity index (χ2n) is 7.82. The molecule has 24 heavy (non-hydrogen) atoms. The first-order valence-electron chi connectivity index (χ1n) is 8.74. The predicted molar refractivity (Wildman–Crippen MR) is 90.4 cm³/mol. The van der Waals surface area contributed by atoms with Crippen molar-refractivity contribution in [1.29, 1.82) is 0 Å². The molecule has 1 N–H and O–H groups in total. The average molecular weight is 342 g/mol. The number of carbonyl (C=O) groups excluding carboxylic acids is 1. The summed E-state index contributed by atoms with van der Waals surface area (Å²) in [5.41, 5.74) is -0.496. The van der Waals surface area contributed by atoms with E-state index in [2.05, 4.69) is 10.2 Å². The Bertz CT molecular complexity index is 457. The second-order valence-corrected chi connectivity index (χ2v) is 7.82. The van der Waals surface area contributed by atoms with Crippen molar-refractivity contribution < 1.29 is 14.5 Å². The molecule has 0 radical (unpaired) electrons. The Labute approximate surface area is 143 Å². The van der Waals surface area contributed by atoms with E-state index in [-0.39, 0.29) is 17.1 Å². The minimum Gasteiger partial charge on any atom is -0.444 e. The maximum Gasteiger partial charge on any atom is 0.410 e. The quantitative estimate of drug-likeness (QED) is 0.620. The molecule has 0 saturated carbocycles. The monoisotopic (exact) mass is 342 g/mol. The lowest BCUT2D eigenvalue weighted by molar-refractivity contribution is -0.532. The first-order chi connectivity index (χ1) is 11.2. The van der Waals surface area contributed by atoms with Gasteiger partial charge in [0.25, 0.3) is 6.17 Å². The van der Waals surface area contributed by atoms with Gasteiger partial charge >= 0.3 is 6.09 Å². The summed E-state index contributed by atoms with van der Waals surface area (Å²) in [4.78, 5) is 26.9. The number of likely N-dealkylation sites (tertiary alicyclic amines) is 1. The summed E-state index contributed by atoms with van der Waals surface area (Å²) >= 11 is 0. The summed E-state index contributed by atoms with van der Waals surface area (Å²) in [6.07, 6.45) is 2.45. The molecule has 0 spiro atoms. The highest BCUT2D eigenvalue weighted by Crippen LogP contribution is 2.22. The lowest BCUT2D eigenvalue weighted by atomic mass is 9.98. The summed E-state index contributed by atoms with van der Waals surface area (Å²) in [6, 6.07) is 0.429. The normalized spacial score (nSPS) is 29.1. The van der Waals surface area contributed by atoms with Crippen LogP contribution < -0.4 is 5.32 Å². The van der Waals surface area contributed by atoms with Crippen LogP contribution in [0.5, 0.6) is 0 Å². The van der Waals surface area contributed by atoms with Crippen molar-refractivity contribution in [3.63, 3.8) is 0 Å². The van der Waals surface area contributed by atoms with E-state index in [1.165, 1.54) is 0 Å². The standard InChI is InChI=1S/C16H30N4O4/c1-16(2,3)24-15(21)18(4)13-6-5-9-19(11-13)12-7-8-14(17-10-12)20(22)23/h12-14,17H,5-11H2,1-4H3/t12?,13-,14?/m1/s1. The fraction of sp³-hybridized carbons (Fsp3) is 0.938. The van der Waals surface area contributed by atoms with E-state index in [1.807, 2.05) is 20.8 Å². The van der Waals surface area contributed by atoms with Crippen LogP contribution in [-0.4, -0.2) is 71.3 Å². The third-order valence-corrected chi connectivity index (χ3v) is 4.79. The number of amides is 1. The van der Waals surface area contributed by atoms with Crippen LogP contribution in [0.1, 0.15) is 46.5 Å². The minimum absolute atomic E-state index is 0.127. The van der Waals surface area contributed by atoms with Crippen molar-refractivity contribution in [2.24, 2.45) is 0 Å². The molecule has 1 amide bonds. The number of carbonyl (C=O) groups is 1. The summed E-state index contributed by atoms with van der Waals surface area (Å²) in [7, 11) is 1.80. The van der Waals surface area contributed by atoms with Gasteiger partial charge in [-0.3, -0.25) is 20.3 Å². The summed E-state index contributed by atoms with van der Waals surface area (Å²) in [5.74, 6) is 0. The van der Waals surface area contributed by atoms with Crippen LogP contribution in [0.25, 0.3) is 0 Å². The molecule has 0 aliphatic carbocycles. The van der Waals surface area contributed by atoms with E-state index in [9.17, 15) is 14.9 Å². The van der Waals surface area contributed by atoms with Crippen LogP contribution in [0, 0.1) is 10.1 Å². The zero-order chi connectivity index (χ0) is 17.9. The number of hydrogen-bond donors (Lipinski definition) is 1. The van der Waals surface area contributed by atoms with E-state index in [1.54, 1.807) is 11.9 Å². The third-order valence-electron chi connectivity index (χ3n) is 4.79. The van der Waals surface area contributed by atoms with Gasteiger partial charge in [-0.25, -0.2) is 4.79 Å². The molecule has 2 aliphatic rings. The molecule has 2 unspecified atom stereocenters. The van der Waals surface area contributed by atoms with E-state index in [0.29, 0.717) is 19.0 Å². The number of rotatable bonds is 3. The van der Waals surface area contributed by atoms with Gasteiger partial charge in [0, 0.05) is 43.6 Å². The third kappa shape index (κ3) is 5.04. The largest absolute Gasteiger partial charge is 0.444 e. The molecule has 2 aliphatic heterocycles. The van der Waals surface area contributed by atoms with E-state index in [4.69, 9.17) is 4.74 Å². The number of nitrogens with zero attached hydrogens (tertiary/aromatic N) is 3. The first-order valence-corrected chi connectivity index (χ1v) is 8.74. The highest BCUT2D eigenvalue weighted by molar-refractivity contribution is 5.68. The molecule has 2 heterocycles. The highest BCUT2D eigenvalue weighted by atomic mass is 16.6. The van der Waals surface area contributed by atoms with Gasteiger partial charge in [-0.05, 0) is 46.6 Å². The number of nitrogens with one attached hydrogen (secondary N) is 1. The molecule has 0 aromatic carbocycles. The molecular formula is C16H30N4O4. The van der Waals surface area contributed by atoms with Crippen LogP contribution in [-0.2, 0) is 4.74 Å². The van der Waals surface area contributed by atoms with E-state index >= 15 is 0 Å². The molecule has 0 bridgehead atoms. The van der Waals surface area contributed by atoms with Crippen molar-refractivity contribution >= 4 is 6.09 Å². The van der Waals surface area contributed by atoms with Gasteiger partial charge in [0.05, 0.1) is 0 Å². The number of likely N-dealkylation sites (N-methyl/N-ethyl adjacent to an activating group) is 1. The van der Waals surface area contributed by atoms with Gasteiger partial charge in [0.1, 0.15) is 5.60 Å². The van der Waals surface area contributed by atoms with Crippen molar-refractivity contribution in [3.8, 4) is 0 Å². The fourth-order valence-electron chi connectivity index (χ4n) is 3.43. The van der Waals surface area contributed by atoms with Crippen molar-refractivity contribution in [2.75, 3.05) is 26.7 Å². The van der Waals surface area contributed by atoms with Gasteiger partial charge < -0.3 is 9.64 Å². The molecule has 0 aromatic heterocycles.